The molecule has 2 unspecified atom stereocenters. The quantitative estimate of drug-likeness (QED) is 0.833. The molecule has 0 radical (unpaired) electrons. The van der Waals surface area contributed by atoms with E-state index < -0.39 is 5.60 Å². The highest BCUT2D eigenvalue weighted by Crippen LogP contribution is 2.38. The van der Waals surface area contributed by atoms with Crippen LogP contribution in [0.5, 0.6) is 0 Å². The van der Waals surface area contributed by atoms with E-state index in [1.807, 2.05) is 12.1 Å². The highest BCUT2D eigenvalue weighted by molar-refractivity contribution is 9.10. The van der Waals surface area contributed by atoms with Crippen molar-refractivity contribution in [3.05, 3.63) is 34.7 Å². The lowest BCUT2D eigenvalue weighted by molar-refractivity contribution is 0.0428. The summed E-state index contributed by atoms with van der Waals surface area (Å²) in [5.74, 6) is 1.22. The molecule has 0 amide bonds. The molecule has 1 aliphatic carbocycles. The van der Waals surface area contributed by atoms with Gasteiger partial charge in [-0.1, -0.05) is 13.0 Å². The number of rotatable bonds is 2. The second kappa shape index (κ2) is 4.14. The summed E-state index contributed by atoms with van der Waals surface area (Å²) in [6, 6.07) is 1.81. The van der Waals surface area contributed by atoms with Crippen molar-refractivity contribution in [2.24, 2.45) is 5.92 Å². The third-order valence-electron chi connectivity index (χ3n) is 3.08. The molecule has 1 aliphatic rings. The maximum atomic E-state index is 10.4. The molecule has 15 heavy (non-hydrogen) atoms. The van der Waals surface area contributed by atoms with Gasteiger partial charge in [0.25, 0.3) is 0 Å². The SMILES string of the molecule is CCC1C=CC(O)(c2occc2Br)CC1. The Balaban J connectivity index is 2.26. The second-order valence-electron chi connectivity index (χ2n) is 4.09. The maximum absolute atomic E-state index is 10.4. The van der Waals surface area contributed by atoms with Crippen LogP contribution in [0.3, 0.4) is 0 Å². The van der Waals surface area contributed by atoms with Gasteiger partial charge in [-0.05, 0) is 53.3 Å². The summed E-state index contributed by atoms with van der Waals surface area (Å²) in [6.45, 7) is 2.17. The van der Waals surface area contributed by atoms with Crippen LogP contribution < -0.4 is 0 Å². The van der Waals surface area contributed by atoms with E-state index in [9.17, 15) is 5.11 Å². The largest absolute Gasteiger partial charge is 0.465 e. The number of aliphatic hydroxyl groups is 1. The zero-order valence-electron chi connectivity index (χ0n) is 8.74. The van der Waals surface area contributed by atoms with Crippen molar-refractivity contribution >= 4 is 15.9 Å². The molecule has 1 heterocycles. The number of hydrogen-bond donors (Lipinski definition) is 1. The van der Waals surface area contributed by atoms with E-state index in [0.29, 0.717) is 11.7 Å². The van der Waals surface area contributed by atoms with Crippen LogP contribution in [-0.2, 0) is 5.60 Å². The lowest BCUT2D eigenvalue weighted by atomic mass is 9.83. The van der Waals surface area contributed by atoms with Crippen LogP contribution in [-0.4, -0.2) is 5.11 Å². The van der Waals surface area contributed by atoms with Gasteiger partial charge in [0.15, 0.2) is 5.76 Å². The topological polar surface area (TPSA) is 33.4 Å². The Bertz CT molecular complexity index is 369. The number of allylic oxidation sites excluding steroid dienone is 1. The summed E-state index contributed by atoms with van der Waals surface area (Å²) < 4.78 is 6.17. The number of hydrogen-bond acceptors (Lipinski definition) is 2. The van der Waals surface area contributed by atoms with Crippen LogP contribution >= 0.6 is 15.9 Å². The van der Waals surface area contributed by atoms with E-state index in [2.05, 4.69) is 28.9 Å². The minimum Gasteiger partial charge on any atom is -0.465 e. The fraction of sp³-hybridized carbons (Fsp3) is 0.500. The molecule has 82 valence electrons. The van der Waals surface area contributed by atoms with Crippen LogP contribution in [0.25, 0.3) is 0 Å². The first-order chi connectivity index (χ1) is 7.15. The Labute approximate surface area is 98.1 Å². The lowest BCUT2D eigenvalue weighted by Gasteiger charge is -2.29. The molecule has 0 saturated heterocycles. The van der Waals surface area contributed by atoms with Crippen LogP contribution in [0.1, 0.15) is 31.9 Å². The van der Waals surface area contributed by atoms with Gasteiger partial charge in [0.05, 0.1) is 10.7 Å². The highest BCUT2D eigenvalue weighted by atomic mass is 79.9. The zero-order valence-corrected chi connectivity index (χ0v) is 10.3. The Morgan fingerprint density at radius 2 is 2.47 bits per heavy atom. The van der Waals surface area contributed by atoms with E-state index in [1.54, 1.807) is 6.26 Å². The monoisotopic (exact) mass is 270 g/mol. The molecule has 1 N–H and O–H groups in total. The van der Waals surface area contributed by atoms with Gasteiger partial charge in [-0.2, -0.15) is 0 Å². The van der Waals surface area contributed by atoms with Crippen LogP contribution in [0.15, 0.2) is 33.4 Å². The molecular formula is C12H15BrO2. The van der Waals surface area contributed by atoms with Gasteiger partial charge in [0, 0.05) is 0 Å². The molecule has 0 aromatic carbocycles. The minimum atomic E-state index is -0.923. The van der Waals surface area contributed by atoms with Crippen molar-refractivity contribution in [1.82, 2.24) is 0 Å². The van der Waals surface area contributed by atoms with E-state index in [1.165, 1.54) is 0 Å². The van der Waals surface area contributed by atoms with Gasteiger partial charge in [0.2, 0.25) is 0 Å². The van der Waals surface area contributed by atoms with Crippen molar-refractivity contribution < 1.29 is 9.52 Å². The molecule has 0 fully saturated rings. The smallest absolute Gasteiger partial charge is 0.153 e. The lowest BCUT2D eigenvalue weighted by Crippen LogP contribution is -2.26. The van der Waals surface area contributed by atoms with E-state index in [0.717, 1.165) is 23.7 Å². The molecule has 0 bridgehead atoms. The fourth-order valence-electron chi connectivity index (χ4n) is 2.01. The molecular weight excluding hydrogens is 256 g/mol. The van der Waals surface area contributed by atoms with E-state index in [4.69, 9.17) is 4.42 Å². The van der Waals surface area contributed by atoms with Crippen molar-refractivity contribution in [1.29, 1.82) is 0 Å². The molecule has 2 atom stereocenters. The summed E-state index contributed by atoms with van der Waals surface area (Å²) in [6.07, 6.45) is 8.43. The summed E-state index contributed by atoms with van der Waals surface area (Å²) in [5.41, 5.74) is -0.923. The molecule has 0 aliphatic heterocycles. The van der Waals surface area contributed by atoms with Gasteiger partial charge in [-0.25, -0.2) is 0 Å². The Kier molecular flexibility index (Phi) is 3.03. The summed E-state index contributed by atoms with van der Waals surface area (Å²) in [5, 5.41) is 10.4. The van der Waals surface area contributed by atoms with Crippen LogP contribution in [0, 0.1) is 5.92 Å². The fourth-order valence-corrected chi connectivity index (χ4v) is 2.56. The molecule has 1 aromatic heterocycles. The number of halogens is 1. The molecule has 0 spiro atoms. The highest BCUT2D eigenvalue weighted by Gasteiger charge is 2.34. The molecule has 0 saturated carbocycles. The van der Waals surface area contributed by atoms with Crippen LogP contribution in [0.2, 0.25) is 0 Å². The van der Waals surface area contributed by atoms with Gasteiger partial charge in [-0.3, -0.25) is 0 Å². The summed E-state index contributed by atoms with van der Waals surface area (Å²) in [7, 11) is 0. The minimum absolute atomic E-state index is 0.596. The first-order valence-corrected chi connectivity index (χ1v) is 6.10. The van der Waals surface area contributed by atoms with Gasteiger partial charge >= 0.3 is 0 Å². The standard InChI is InChI=1S/C12H15BrO2/c1-2-9-3-6-12(14,7-4-9)11-10(13)5-8-15-11/h3,5-6,8-9,14H,2,4,7H2,1H3. The first kappa shape index (κ1) is 11.0. The van der Waals surface area contributed by atoms with Gasteiger partial charge in [-0.15, -0.1) is 0 Å². The average molecular weight is 271 g/mol. The summed E-state index contributed by atoms with van der Waals surface area (Å²) >= 11 is 3.38. The molecule has 3 heteroatoms. The molecule has 1 aromatic rings. The molecule has 2 rings (SSSR count). The summed E-state index contributed by atoms with van der Waals surface area (Å²) in [4.78, 5) is 0. The maximum Gasteiger partial charge on any atom is 0.153 e. The Hall–Kier alpha value is -0.540. The zero-order chi connectivity index (χ0) is 10.9. The van der Waals surface area contributed by atoms with Crippen molar-refractivity contribution in [3.63, 3.8) is 0 Å². The average Bonchev–Trinajstić information content (AvgIpc) is 2.66. The third kappa shape index (κ3) is 2.04. The van der Waals surface area contributed by atoms with Crippen LogP contribution in [0.4, 0.5) is 0 Å². The predicted octanol–water partition coefficient (Wildman–Crippen LogP) is 3.61. The number of furan rings is 1. The van der Waals surface area contributed by atoms with Crippen molar-refractivity contribution in [2.75, 3.05) is 0 Å². The van der Waals surface area contributed by atoms with Gasteiger partial charge < -0.3 is 9.52 Å². The van der Waals surface area contributed by atoms with Crippen molar-refractivity contribution in [2.45, 2.75) is 31.8 Å². The van der Waals surface area contributed by atoms with Crippen molar-refractivity contribution in [3.8, 4) is 0 Å². The Morgan fingerprint density at radius 3 is 2.93 bits per heavy atom. The normalized spacial score (nSPS) is 30.7. The predicted molar refractivity (Wildman–Crippen MR) is 62.5 cm³/mol. The Morgan fingerprint density at radius 1 is 1.67 bits per heavy atom. The third-order valence-corrected chi connectivity index (χ3v) is 3.70. The van der Waals surface area contributed by atoms with Gasteiger partial charge in [0.1, 0.15) is 5.60 Å². The molecule has 2 nitrogen and oxygen atoms in total. The van der Waals surface area contributed by atoms with E-state index >= 15 is 0 Å². The first-order valence-electron chi connectivity index (χ1n) is 5.31. The van der Waals surface area contributed by atoms with E-state index in [-0.39, 0.29) is 0 Å². The second-order valence-corrected chi connectivity index (χ2v) is 4.94.